The number of rotatable bonds is 9. The van der Waals surface area contributed by atoms with Gasteiger partial charge in [-0.15, -0.1) is 0 Å². The van der Waals surface area contributed by atoms with E-state index in [1.807, 2.05) is 24.3 Å². The van der Waals surface area contributed by atoms with Gasteiger partial charge in [0, 0.05) is 29.7 Å². The van der Waals surface area contributed by atoms with Gasteiger partial charge in [-0.05, 0) is 47.0 Å². The molecule has 0 amide bonds. The van der Waals surface area contributed by atoms with Crippen LogP contribution in [-0.4, -0.2) is 31.9 Å². The molecule has 0 spiro atoms. The Morgan fingerprint density at radius 3 is 2.54 bits per heavy atom. The van der Waals surface area contributed by atoms with Gasteiger partial charge in [-0.25, -0.2) is 13.9 Å². The normalized spacial score (nSPS) is 12.7. The summed E-state index contributed by atoms with van der Waals surface area (Å²) in [6.07, 6.45) is -1.62. The molecule has 0 aliphatic heterocycles. The number of anilines is 1. The summed E-state index contributed by atoms with van der Waals surface area (Å²) in [7, 11) is -1.96. The molecule has 4 aromatic rings. The molecular weight excluding hydrogens is 567 g/mol. The van der Waals surface area contributed by atoms with Crippen molar-refractivity contribution in [3.8, 4) is 11.3 Å². The quantitative estimate of drug-likeness (QED) is 0.225. The highest BCUT2D eigenvalue weighted by Gasteiger charge is 2.34. The molecule has 35 heavy (non-hydrogen) atoms. The summed E-state index contributed by atoms with van der Waals surface area (Å²) in [5.41, 5.74) is 1.21. The number of nitrogens with one attached hydrogen (secondary N) is 2. The average Bonchev–Trinajstić information content (AvgIpc) is 3.21. The van der Waals surface area contributed by atoms with Gasteiger partial charge in [0.1, 0.15) is 16.8 Å². The zero-order chi connectivity index (χ0) is 25.0. The molecule has 2 heterocycles. The van der Waals surface area contributed by atoms with E-state index in [1.165, 1.54) is 18.2 Å². The lowest BCUT2D eigenvalue weighted by Crippen LogP contribution is -2.22. The highest BCUT2D eigenvalue weighted by molar-refractivity contribution is 9.10. The Kier molecular flexibility index (Phi) is 8.10. The van der Waals surface area contributed by atoms with Gasteiger partial charge in [-0.2, -0.15) is 22.8 Å². The molecule has 1 unspecified atom stereocenters. The molecule has 0 saturated carbocycles. The number of benzene rings is 2. The zero-order valence-corrected chi connectivity index (χ0v) is 21.3. The second-order valence-electron chi connectivity index (χ2n) is 7.53. The van der Waals surface area contributed by atoms with E-state index >= 15 is 0 Å². The Bertz CT molecular complexity index is 1360. The van der Waals surface area contributed by atoms with E-state index in [4.69, 9.17) is 11.6 Å². The van der Waals surface area contributed by atoms with E-state index in [0.29, 0.717) is 48.1 Å². The lowest BCUT2D eigenvalue weighted by Gasteiger charge is -2.13. The van der Waals surface area contributed by atoms with Crippen LogP contribution in [-0.2, 0) is 17.2 Å². The Labute approximate surface area is 215 Å². The number of halogens is 5. The van der Waals surface area contributed by atoms with Crippen molar-refractivity contribution >= 4 is 50.0 Å². The molecule has 6 nitrogen and oxygen atoms in total. The summed E-state index contributed by atoms with van der Waals surface area (Å²) in [6.45, 7) is 0.858. The van der Waals surface area contributed by atoms with Crippen LogP contribution < -0.4 is 10.0 Å². The van der Waals surface area contributed by atoms with Crippen LogP contribution in [0.15, 0.2) is 70.2 Å². The number of alkyl halides is 3. The summed E-state index contributed by atoms with van der Waals surface area (Å²) in [6, 6.07) is 14.1. The standard InChI is InChI=1S/C23H20BrClF3N5OS/c24-17-14-30-33-21(13-19(32-22(17)33)15-7-1-3-9-18(15)25)29-11-5-6-12-31-35(34)20-10-4-2-8-16(20)23(26,27)28/h1-4,7-10,13-14,29,31H,5-6,11-12H2. The first kappa shape index (κ1) is 25.6. The van der Waals surface area contributed by atoms with Crippen molar-refractivity contribution in [1.29, 1.82) is 0 Å². The van der Waals surface area contributed by atoms with Crippen molar-refractivity contribution in [2.45, 2.75) is 23.9 Å². The lowest BCUT2D eigenvalue weighted by atomic mass is 10.1. The van der Waals surface area contributed by atoms with Crippen LogP contribution in [0.1, 0.15) is 18.4 Å². The van der Waals surface area contributed by atoms with Crippen LogP contribution in [0, 0.1) is 0 Å². The maximum atomic E-state index is 13.1. The minimum absolute atomic E-state index is 0.270. The first-order valence-corrected chi connectivity index (χ1v) is 12.9. The summed E-state index contributed by atoms with van der Waals surface area (Å²) >= 11 is 9.82. The van der Waals surface area contributed by atoms with Crippen molar-refractivity contribution in [1.82, 2.24) is 19.3 Å². The Hall–Kier alpha value is -2.47. The molecule has 0 saturated heterocycles. The van der Waals surface area contributed by atoms with Gasteiger partial charge in [0.05, 0.1) is 26.8 Å². The number of unbranched alkanes of at least 4 members (excludes halogenated alkanes) is 1. The van der Waals surface area contributed by atoms with Gasteiger partial charge in [-0.3, -0.25) is 0 Å². The molecule has 0 aliphatic carbocycles. The largest absolute Gasteiger partial charge is 0.417 e. The third-order valence-electron chi connectivity index (χ3n) is 5.11. The van der Waals surface area contributed by atoms with Gasteiger partial charge in [0.2, 0.25) is 0 Å². The average molecular weight is 587 g/mol. The summed E-state index contributed by atoms with van der Waals surface area (Å²) < 4.78 is 56.9. The first-order chi connectivity index (χ1) is 16.8. The van der Waals surface area contributed by atoms with Crippen molar-refractivity contribution in [3.63, 3.8) is 0 Å². The molecular formula is C23H20BrClF3N5OS. The minimum atomic E-state index is -4.56. The monoisotopic (exact) mass is 585 g/mol. The predicted molar refractivity (Wildman–Crippen MR) is 135 cm³/mol. The van der Waals surface area contributed by atoms with Crippen molar-refractivity contribution in [2.75, 3.05) is 18.4 Å². The number of aromatic nitrogens is 3. The molecule has 4 rings (SSSR count). The van der Waals surface area contributed by atoms with Crippen molar-refractivity contribution in [3.05, 3.63) is 75.9 Å². The fourth-order valence-electron chi connectivity index (χ4n) is 3.44. The van der Waals surface area contributed by atoms with Crippen LogP contribution in [0.2, 0.25) is 5.02 Å². The van der Waals surface area contributed by atoms with E-state index < -0.39 is 22.7 Å². The molecule has 2 N–H and O–H groups in total. The summed E-state index contributed by atoms with van der Waals surface area (Å²) in [5.74, 6) is 0.714. The predicted octanol–water partition coefficient (Wildman–Crippen LogP) is 6.34. The maximum Gasteiger partial charge on any atom is 0.417 e. The van der Waals surface area contributed by atoms with Gasteiger partial charge in [-0.1, -0.05) is 41.9 Å². The third kappa shape index (κ3) is 6.03. The molecule has 0 bridgehead atoms. The molecule has 0 aliphatic rings. The van der Waals surface area contributed by atoms with Crippen LogP contribution in [0.5, 0.6) is 0 Å². The highest BCUT2D eigenvalue weighted by atomic mass is 79.9. The molecule has 2 aromatic heterocycles. The molecule has 12 heteroatoms. The third-order valence-corrected chi connectivity index (χ3v) is 7.22. The van der Waals surface area contributed by atoms with E-state index in [0.717, 1.165) is 16.1 Å². The molecule has 2 aromatic carbocycles. The summed E-state index contributed by atoms with van der Waals surface area (Å²) in [4.78, 5) is 4.39. The fraction of sp³-hybridized carbons (Fsp3) is 0.217. The zero-order valence-electron chi connectivity index (χ0n) is 18.1. The van der Waals surface area contributed by atoms with Crippen LogP contribution in [0.4, 0.5) is 19.0 Å². The van der Waals surface area contributed by atoms with Gasteiger partial charge in [0.15, 0.2) is 5.65 Å². The van der Waals surface area contributed by atoms with Gasteiger partial charge >= 0.3 is 6.18 Å². The van der Waals surface area contributed by atoms with Crippen LogP contribution in [0.3, 0.4) is 0 Å². The fourth-order valence-corrected chi connectivity index (χ4v) is 5.09. The smallest absolute Gasteiger partial charge is 0.370 e. The Morgan fingerprint density at radius 1 is 1.06 bits per heavy atom. The van der Waals surface area contributed by atoms with E-state index in [2.05, 4.69) is 36.1 Å². The Balaban J connectivity index is 1.37. The van der Waals surface area contributed by atoms with Crippen LogP contribution >= 0.6 is 27.5 Å². The number of fused-ring (bicyclic) bond motifs is 1. The molecule has 184 valence electrons. The molecule has 1 atom stereocenters. The van der Waals surface area contributed by atoms with E-state index in [-0.39, 0.29) is 4.90 Å². The topological polar surface area (TPSA) is 71.3 Å². The highest BCUT2D eigenvalue weighted by Crippen LogP contribution is 2.33. The van der Waals surface area contributed by atoms with Crippen molar-refractivity contribution < 1.29 is 17.4 Å². The van der Waals surface area contributed by atoms with E-state index in [1.54, 1.807) is 16.8 Å². The minimum Gasteiger partial charge on any atom is -0.370 e. The SMILES string of the molecule is O=S(NCCCCNc1cc(-c2ccccc2Cl)nc2c(Br)cnn12)c1ccccc1C(F)(F)F. The molecule has 0 fully saturated rings. The van der Waals surface area contributed by atoms with Crippen molar-refractivity contribution in [2.24, 2.45) is 0 Å². The van der Waals surface area contributed by atoms with Gasteiger partial charge in [0.25, 0.3) is 0 Å². The van der Waals surface area contributed by atoms with Crippen LogP contribution in [0.25, 0.3) is 16.9 Å². The second-order valence-corrected chi connectivity index (χ2v) is 10.1. The van der Waals surface area contributed by atoms with Gasteiger partial charge < -0.3 is 5.32 Å². The van der Waals surface area contributed by atoms with E-state index in [9.17, 15) is 17.4 Å². The number of hydrogen-bond acceptors (Lipinski definition) is 4. The number of hydrogen-bond donors (Lipinski definition) is 2. The summed E-state index contributed by atoms with van der Waals surface area (Å²) in [5, 5.41) is 8.25. The first-order valence-electron chi connectivity index (χ1n) is 10.6. The number of nitrogens with zero attached hydrogens (tertiary/aromatic N) is 3. The molecule has 0 radical (unpaired) electrons. The maximum absolute atomic E-state index is 13.1. The lowest BCUT2D eigenvalue weighted by molar-refractivity contribution is -0.139. The second kappa shape index (κ2) is 11.1. The Morgan fingerprint density at radius 2 is 1.77 bits per heavy atom.